The lowest BCUT2D eigenvalue weighted by Crippen LogP contribution is -1.84. The highest BCUT2D eigenvalue weighted by molar-refractivity contribution is 9.09. The molecule has 0 bridgehead atoms. The summed E-state index contributed by atoms with van der Waals surface area (Å²) in [5, 5.41) is 1.01. The molecule has 0 spiro atoms. The second kappa shape index (κ2) is 3.13. The van der Waals surface area contributed by atoms with Gasteiger partial charge >= 0.3 is 0 Å². The number of ether oxygens (including phenoxy) is 1. The first-order valence-corrected chi connectivity index (χ1v) is 3.93. The smallest absolute Gasteiger partial charge is 0.0929 e. The van der Waals surface area contributed by atoms with E-state index in [1.807, 2.05) is 0 Å². The van der Waals surface area contributed by atoms with Crippen LogP contribution in [0.3, 0.4) is 0 Å². The van der Waals surface area contributed by atoms with Crippen molar-refractivity contribution in [3.63, 3.8) is 0 Å². The molecule has 0 fully saturated rings. The molecule has 0 unspecified atom stereocenters. The Hall–Kier alpha value is 0.0200. The summed E-state index contributed by atoms with van der Waals surface area (Å²) in [7, 11) is 0. The maximum Gasteiger partial charge on any atom is 0.0929 e. The average molecular weight is 177 g/mol. The van der Waals surface area contributed by atoms with Gasteiger partial charge in [-0.2, -0.15) is 0 Å². The summed E-state index contributed by atoms with van der Waals surface area (Å²) in [6, 6.07) is 0. The van der Waals surface area contributed by atoms with E-state index in [-0.39, 0.29) is 0 Å². The Kier molecular flexibility index (Phi) is 2.40. The minimum Gasteiger partial charge on any atom is -0.498 e. The monoisotopic (exact) mass is 176 g/mol. The van der Waals surface area contributed by atoms with Crippen LogP contribution in [0.15, 0.2) is 11.8 Å². The van der Waals surface area contributed by atoms with Gasteiger partial charge < -0.3 is 4.74 Å². The van der Waals surface area contributed by atoms with Crippen molar-refractivity contribution in [2.24, 2.45) is 0 Å². The Morgan fingerprint density at radius 3 is 3.12 bits per heavy atom. The summed E-state index contributed by atoms with van der Waals surface area (Å²) in [6.07, 6.45) is 4.30. The molecule has 1 rings (SSSR count). The lowest BCUT2D eigenvalue weighted by atomic mass is 10.3. The predicted molar refractivity (Wildman–Crippen MR) is 37.1 cm³/mol. The molecule has 0 saturated carbocycles. The number of hydrogen-bond acceptors (Lipinski definition) is 1. The van der Waals surface area contributed by atoms with Crippen LogP contribution >= 0.6 is 15.9 Å². The largest absolute Gasteiger partial charge is 0.498 e. The number of rotatable bonds is 2. The summed E-state index contributed by atoms with van der Waals surface area (Å²) < 4.78 is 5.22. The van der Waals surface area contributed by atoms with E-state index in [1.165, 1.54) is 0 Å². The minimum atomic E-state index is 0.891. The van der Waals surface area contributed by atoms with Crippen molar-refractivity contribution in [2.75, 3.05) is 11.9 Å². The van der Waals surface area contributed by atoms with Gasteiger partial charge in [-0.25, -0.2) is 0 Å². The Morgan fingerprint density at radius 1 is 1.75 bits per heavy atom. The van der Waals surface area contributed by atoms with E-state index in [1.54, 1.807) is 0 Å². The molecule has 0 saturated heterocycles. The van der Waals surface area contributed by atoms with E-state index in [4.69, 9.17) is 4.74 Å². The van der Waals surface area contributed by atoms with Gasteiger partial charge in [0.1, 0.15) is 0 Å². The van der Waals surface area contributed by atoms with Crippen molar-refractivity contribution in [3.05, 3.63) is 11.8 Å². The summed E-state index contributed by atoms with van der Waals surface area (Å²) in [5.41, 5.74) is 0. The molecule has 1 aliphatic rings. The van der Waals surface area contributed by atoms with Crippen molar-refractivity contribution in [1.82, 2.24) is 0 Å². The quantitative estimate of drug-likeness (QED) is 0.586. The fourth-order valence-corrected chi connectivity index (χ4v) is 1.13. The molecule has 0 N–H and O–H groups in total. The number of allylic oxidation sites excluding steroid dienone is 1. The molecule has 1 aliphatic heterocycles. The second-order valence-corrected chi connectivity index (χ2v) is 2.54. The van der Waals surface area contributed by atoms with E-state index in [2.05, 4.69) is 22.0 Å². The normalized spacial score (nSPS) is 17.9. The van der Waals surface area contributed by atoms with Gasteiger partial charge in [0.15, 0.2) is 0 Å². The van der Waals surface area contributed by atoms with Crippen molar-refractivity contribution < 1.29 is 4.74 Å². The van der Waals surface area contributed by atoms with Crippen LogP contribution in [0, 0.1) is 0 Å². The molecule has 2 heteroatoms. The number of halogens is 1. The lowest BCUT2D eigenvalue weighted by Gasteiger charge is -1.97. The maximum absolute atomic E-state index is 5.22. The van der Waals surface area contributed by atoms with Gasteiger partial charge in [0, 0.05) is 18.2 Å². The Balaban J connectivity index is 2.23. The molecule has 0 aliphatic carbocycles. The molecule has 0 radical (unpaired) electrons. The van der Waals surface area contributed by atoms with Crippen LogP contribution in [-0.2, 0) is 4.74 Å². The van der Waals surface area contributed by atoms with Gasteiger partial charge in [0.05, 0.1) is 12.4 Å². The van der Waals surface area contributed by atoms with Gasteiger partial charge in [-0.1, -0.05) is 15.9 Å². The molecule has 0 aromatic heterocycles. The van der Waals surface area contributed by atoms with E-state index in [0.717, 1.165) is 30.5 Å². The number of hydrogen-bond donors (Lipinski definition) is 0. The SMILES string of the molecule is BrCCC1=CCCO1. The third kappa shape index (κ3) is 1.51. The van der Waals surface area contributed by atoms with Crippen molar-refractivity contribution in [2.45, 2.75) is 12.8 Å². The highest BCUT2D eigenvalue weighted by Gasteiger charge is 2.02. The first-order chi connectivity index (χ1) is 3.93. The molecule has 0 amide bonds. The maximum atomic E-state index is 5.22. The third-order valence-electron chi connectivity index (χ3n) is 1.12. The summed E-state index contributed by atoms with van der Waals surface area (Å²) in [5.74, 6) is 1.15. The Labute approximate surface area is 57.8 Å². The molecule has 46 valence electrons. The zero-order valence-corrected chi connectivity index (χ0v) is 6.28. The standard InChI is InChI=1S/C6H9BrO/c7-4-3-6-2-1-5-8-6/h2H,1,3-5H2. The van der Waals surface area contributed by atoms with Crippen LogP contribution in [0.25, 0.3) is 0 Å². The van der Waals surface area contributed by atoms with Crippen LogP contribution in [-0.4, -0.2) is 11.9 Å². The van der Waals surface area contributed by atoms with Gasteiger partial charge in [0.25, 0.3) is 0 Å². The molecule has 0 atom stereocenters. The van der Waals surface area contributed by atoms with Crippen LogP contribution in [0.4, 0.5) is 0 Å². The molecular weight excluding hydrogens is 168 g/mol. The second-order valence-electron chi connectivity index (χ2n) is 1.75. The minimum absolute atomic E-state index is 0.891. The molecule has 0 aromatic carbocycles. The van der Waals surface area contributed by atoms with E-state index in [9.17, 15) is 0 Å². The molecule has 1 heterocycles. The fourth-order valence-electron chi connectivity index (χ4n) is 0.736. The summed E-state index contributed by atoms with van der Waals surface area (Å²) in [6.45, 7) is 0.891. The van der Waals surface area contributed by atoms with Gasteiger partial charge in [-0.3, -0.25) is 0 Å². The first-order valence-electron chi connectivity index (χ1n) is 2.81. The molecule has 1 nitrogen and oxygen atoms in total. The summed E-state index contributed by atoms with van der Waals surface area (Å²) >= 11 is 3.34. The highest BCUT2D eigenvalue weighted by atomic mass is 79.9. The zero-order valence-electron chi connectivity index (χ0n) is 4.69. The zero-order chi connectivity index (χ0) is 5.82. The average Bonchev–Trinajstić information content (AvgIpc) is 2.19. The number of alkyl halides is 1. The predicted octanol–water partition coefficient (Wildman–Crippen LogP) is 2.08. The fraction of sp³-hybridized carbons (Fsp3) is 0.667. The highest BCUT2D eigenvalue weighted by Crippen LogP contribution is 2.13. The van der Waals surface area contributed by atoms with E-state index < -0.39 is 0 Å². The van der Waals surface area contributed by atoms with Gasteiger partial charge in [-0.15, -0.1) is 0 Å². The molecule has 0 aromatic rings. The lowest BCUT2D eigenvalue weighted by molar-refractivity contribution is 0.237. The molecular formula is C6H9BrO. The molecule has 8 heavy (non-hydrogen) atoms. The van der Waals surface area contributed by atoms with E-state index in [0.29, 0.717) is 0 Å². The topological polar surface area (TPSA) is 9.23 Å². The van der Waals surface area contributed by atoms with Crippen molar-refractivity contribution in [1.29, 1.82) is 0 Å². The van der Waals surface area contributed by atoms with Gasteiger partial charge in [-0.05, 0) is 6.08 Å². The Bertz CT molecular complexity index is 98.7. The van der Waals surface area contributed by atoms with Crippen molar-refractivity contribution >= 4 is 15.9 Å². The van der Waals surface area contributed by atoms with Crippen molar-refractivity contribution in [3.8, 4) is 0 Å². The Morgan fingerprint density at radius 2 is 2.62 bits per heavy atom. The summed E-state index contributed by atoms with van der Waals surface area (Å²) in [4.78, 5) is 0. The van der Waals surface area contributed by atoms with Crippen LogP contribution in [0.2, 0.25) is 0 Å². The van der Waals surface area contributed by atoms with Crippen LogP contribution < -0.4 is 0 Å². The van der Waals surface area contributed by atoms with Crippen LogP contribution in [0.1, 0.15) is 12.8 Å². The third-order valence-corrected chi connectivity index (χ3v) is 1.51. The van der Waals surface area contributed by atoms with Gasteiger partial charge in [0.2, 0.25) is 0 Å². The first kappa shape index (κ1) is 6.14. The van der Waals surface area contributed by atoms with Crippen LogP contribution in [0.5, 0.6) is 0 Å². The van der Waals surface area contributed by atoms with E-state index >= 15 is 0 Å².